The monoisotopic (exact) mass is 472 g/mol. The maximum Gasteiger partial charge on any atom is 0.416 e. The fraction of sp³-hybridized carbons (Fsp3) is 0.304. The molecule has 0 aliphatic carbocycles. The van der Waals surface area contributed by atoms with E-state index in [0.717, 1.165) is 12.1 Å². The highest BCUT2D eigenvalue weighted by Gasteiger charge is 2.30. The number of hydrogen-bond acceptors (Lipinski definition) is 7. The van der Waals surface area contributed by atoms with Gasteiger partial charge in [0, 0.05) is 37.3 Å². The molecule has 34 heavy (non-hydrogen) atoms. The van der Waals surface area contributed by atoms with Gasteiger partial charge in [-0.3, -0.25) is 4.79 Å². The summed E-state index contributed by atoms with van der Waals surface area (Å²) in [6.07, 6.45) is -2.92. The number of amides is 1. The maximum atomic E-state index is 12.6. The summed E-state index contributed by atoms with van der Waals surface area (Å²) in [7, 11) is 1.57. The third kappa shape index (κ3) is 5.79. The molecule has 1 aromatic heterocycles. The van der Waals surface area contributed by atoms with Crippen molar-refractivity contribution in [2.24, 2.45) is 5.92 Å². The third-order valence-electron chi connectivity index (χ3n) is 5.31. The number of halogens is 3. The number of nitrogens with one attached hydrogen (secondary N) is 2. The number of carbonyl (C=O) groups is 1. The van der Waals surface area contributed by atoms with E-state index in [0.29, 0.717) is 48.4 Å². The molecule has 0 saturated carbocycles. The lowest BCUT2D eigenvalue weighted by molar-refractivity contribution is -0.137. The fourth-order valence-electron chi connectivity index (χ4n) is 3.48. The van der Waals surface area contributed by atoms with Crippen LogP contribution in [0.5, 0.6) is 0 Å². The molecule has 178 valence electrons. The van der Waals surface area contributed by atoms with Crippen molar-refractivity contribution in [2.75, 3.05) is 37.0 Å². The highest BCUT2D eigenvalue weighted by Crippen LogP contribution is 2.29. The number of aromatic nitrogens is 3. The minimum atomic E-state index is -4.34. The minimum absolute atomic E-state index is 0.188. The van der Waals surface area contributed by atoms with Gasteiger partial charge in [-0.2, -0.15) is 18.2 Å². The molecule has 3 aromatic rings. The molecule has 0 spiro atoms. The normalized spacial score (nSPS) is 13.9. The largest absolute Gasteiger partial charge is 0.416 e. The molecule has 2 aromatic carbocycles. The molecule has 2 N–H and O–H groups in total. The van der Waals surface area contributed by atoms with Crippen molar-refractivity contribution < 1.29 is 22.7 Å². The molecule has 0 bridgehead atoms. The summed E-state index contributed by atoms with van der Waals surface area (Å²) in [5.74, 6) is 0.971. The van der Waals surface area contributed by atoms with Gasteiger partial charge < -0.3 is 20.3 Å². The van der Waals surface area contributed by atoms with Crippen LogP contribution in [0.1, 0.15) is 21.5 Å². The number of rotatable bonds is 8. The second-order valence-electron chi connectivity index (χ2n) is 7.87. The van der Waals surface area contributed by atoms with Crippen LogP contribution in [0, 0.1) is 5.92 Å². The summed E-state index contributed by atoms with van der Waals surface area (Å²) in [6.45, 7) is 2.13. The standard InChI is InChI=1S/C23H23F3N6O2/c1-27-20(33)17-3-2-4-19(9-17)30-21-28-14-29-22(31-21)32-10-16(11-32)13-34-12-15-5-7-18(8-6-15)23(24,25)26/h2-9,14,16H,10-13H2,1H3,(H,27,33)(H,28,29,30,31). The lowest BCUT2D eigenvalue weighted by Crippen LogP contribution is -2.49. The summed E-state index contributed by atoms with van der Waals surface area (Å²) >= 11 is 0. The third-order valence-corrected chi connectivity index (χ3v) is 5.31. The number of carbonyl (C=O) groups excluding carboxylic acids is 1. The van der Waals surface area contributed by atoms with Gasteiger partial charge >= 0.3 is 6.18 Å². The molecule has 1 saturated heterocycles. The molecule has 2 heterocycles. The second kappa shape index (κ2) is 10.0. The summed E-state index contributed by atoms with van der Waals surface area (Å²) in [5.41, 5.74) is 1.22. The van der Waals surface area contributed by atoms with Gasteiger partial charge in [-0.15, -0.1) is 0 Å². The van der Waals surface area contributed by atoms with Gasteiger partial charge in [0.25, 0.3) is 5.91 Å². The first-order valence-corrected chi connectivity index (χ1v) is 10.6. The van der Waals surface area contributed by atoms with E-state index in [1.807, 2.05) is 11.0 Å². The highest BCUT2D eigenvalue weighted by atomic mass is 19.4. The van der Waals surface area contributed by atoms with E-state index in [1.165, 1.54) is 18.5 Å². The van der Waals surface area contributed by atoms with Gasteiger partial charge in [-0.1, -0.05) is 18.2 Å². The topological polar surface area (TPSA) is 92.3 Å². The van der Waals surface area contributed by atoms with Gasteiger partial charge in [-0.05, 0) is 35.9 Å². The molecule has 0 radical (unpaired) electrons. The fourth-order valence-corrected chi connectivity index (χ4v) is 3.48. The van der Waals surface area contributed by atoms with E-state index < -0.39 is 11.7 Å². The number of benzene rings is 2. The molecule has 0 unspecified atom stereocenters. The first-order valence-electron chi connectivity index (χ1n) is 10.6. The van der Waals surface area contributed by atoms with Crippen LogP contribution in [0.15, 0.2) is 54.9 Å². The SMILES string of the molecule is CNC(=O)c1cccc(Nc2ncnc(N3CC(COCc4ccc(C(F)(F)F)cc4)C3)n2)c1. The first-order chi connectivity index (χ1) is 16.3. The number of hydrogen-bond donors (Lipinski definition) is 2. The van der Waals surface area contributed by atoms with E-state index in [1.54, 1.807) is 25.2 Å². The molecule has 1 fully saturated rings. The summed E-state index contributed by atoms with van der Waals surface area (Å²) < 4.78 is 43.6. The minimum Gasteiger partial charge on any atom is -0.376 e. The van der Waals surface area contributed by atoms with Crippen molar-refractivity contribution in [2.45, 2.75) is 12.8 Å². The maximum absolute atomic E-state index is 12.6. The Bertz CT molecular complexity index is 1130. The number of alkyl halides is 3. The van der Waals surface area contributed by atoms with Gasteiger partial charge in [0.1, 0.15) is 6.33 Å². The number of ether oxygens (including phenoxy) is 1. The second-order valence-corrected chi connectivity index (χ2v) is 7.87. The zero-order chi connectivity index (χ0) is 24.1. The summed E-state index contributed by atoms with van der Waals surface area (Å²) in [6, 6.07) is 12.0. The Morgan fingerprint density at radius 2 is 1.91 bits per heavy atom. The van der Waals surface area contributed by atoms with Crippen LogP contribution in [0.3, 0.4) is 0 Å². The van der Waals surface area contributed by atoms with E-state index >= 15 is 0 Å². The molecule has 8 nitrogen and oxygen atoms in total. The Balaban J connectivity index is 1.25. The average molecular weight is 472 g/mol. The van der Waals surface area contributed by atoms with Crippen LogP contribution >= 0.6 is 0 Å². The molecule has 1 aliphatic heterocycles. The predicted molar refractivity (Wildman–Crippen MR) is 120 cm³/mol. The van der Waals surface area contributed by atoms with Crippen molar-refractivity contribution in [1.29, 1.82) is 0 Å². The van der Waals surface area contributed by atoms with Crippen molar-refractivity contribution in [1.82, 2.24) is 20.3 Å². The smallest absolute Gasteiger partial charge is 0.376 e. The molecule has 4 rings (SSSR count). The molecule has 1 aliphatic rings. The first kappa shape index (κ1) is 23.4. The summed E-state index contributed by atoms with van der Waals surface area (Å²) in [5, 5.41) is 5.66. The van der Waals surface area contributed by atoms with Crippen molar-refractivity contribution >= 4 is 23.5 Å². The molecule has 11 heteroatoms. The van der Waals surface area contributed by atoms with E-state index in [9.17, 15) is 18.0 Å². The Labute approximate surface area is 194 Å². The molecular weight excluding hydrogens is 449 g/mol. The lowest BCUT2D eigenvalue weighted by Gasteiger charge is -2.38. The molecule has 1 amide bonds. The zero-order valence-corrected chi connectivity index (χ0v) is 18.3. The van der Waals surface area contributed by atoms with Gasteiger partial charge in [0.15, 0.2) is 0 Å². The van der Waals surface area contributed by atoms with Crippen LogP contribution in [0.25, 0.3) is 0 Å². The van der Waals surface area contributed by atoms with Crippen LogP contribution in [0.4, 0.5) is 30.8 Å². The molecular formula is C23H23F3N6O2. The van der Waals surface area contributed by atoms with Gasteiger partial charge in [0.05, 0.1) is 18.8 Å². The van der Waals surface area contributed by atoms with Crippen molar-refractivity contribution in [3.63, 3.8) is 0 Å². The Hall–Kier alpha value is -3.73. The van der Waals surface area contributed by atoms with Crippen LogP contribution < -0.4 is 15.5 Å². The van der Waals surface area contributed by atoms with Crippen molar-refractivity contribution in [3.05, 3.63) is 71.5 Å². The number of nitrogens with zero attached hydrogens (tertiary/aromatic N) is 4. The van der Waals surface area contributed by atoms with E-state index in [4.69, 9.17) is 4.74 Å². The average Bonchev–Trinajstić information content (AvgIpc) is 2.80. The quantitative estimate of drug-likeness (QED) is 0.517. The van der Waals surface area contributed by atoms with Crippen LogP contribution in [-0.4, -0.2) is 47.6 Å². The predicted octanol–water partition coefficient (Wildman–Crippen LogP) is 3.65. The van der Waals surface area contributed by atoms with Gasteiger partial charge in [0.2, 0.25) is 11.9 Å². The molecule has 0 atom stereocenters. The van der Waals surface area contributed by atoms with E-state index in [2.05, 4.69) is 25.6 Å². The van der Waals surface area contributed by atoms with Crippen molar-refractivity contribution in [3.8, 4) is 0 Å². The van der Waals surface area contributed by atoms with E-state index in [-0.39, 0.29) is 18.4 Å². The highest BCUT2D eigenvalue weighted by molar-refractivity contribution is 5.95. The van der Waals surface area contributed by atoms with Crippen LogP contribution in [-0.2, 0) is 17.5 Å². The van der Waals surface area contributed by atoms with Crippen LogP contribution in [0.2, 0.25) is 0 Å². The van der Waals surface area contributed by atoms with Gasteiger partial charge in [-0.25, -0.2) is 9.97 Å². The summed E-state index contributed by atoms with van der Waals surface area (Å²) in [4.78, 5) is 26.6. The Morgan fingerprint density at radius 1 is 1.15 bits per heavy atom. The lowest BCUT2D eigenvalue weighted by atomic mass is 10.0. The number of anilines is 3. The Kier molecular flexibility index (Phi) is 6.92. The zero-order valence-electron chi connectivity index (χ0n) is 18.3. The Morgan fingerprint density at radius 3 is 2.62 bits per heavy atom.